The van der Waals surface area contributed by atoms with Crippen molar-refractivity contribution in [2.24, 2.45) is 17.6 Å². The maximum atomic E-state index is 11.6. The molecule has 2 atom stereocenters. The van der Waals surface area contributed by atoms with E-state index < -0.39 is 0 Å². The Morgan fingerprint density at radius 3 is 2.68 bits per heavy atom. The second-order valence-electron chi connectivity index (χ2n) is 7.52. The number of hydrogen-bond acceptors (Lipinski definition) is 4. The number of piperidine rings is 1. The topological polar surface area (TPSA) is 64.8 Å². The molecule has 0 bridgehead atoms. The Kier molecular flexibility index (Phi) is 5.97. The molecule has 5 nitrogen and oxygen atoms in total. The summed E-state index contributed by atoms with van der Waals surface area (Å²) in [5, 5.41) is 0. The predicted molar refractivity (Wildman–Crippen MR) is 97.2 cm³/mol. The fourth-order valence-corrected chi connectivity index (χ4v) is 4.06. The molecule has 1 aromatic carbocycles. The van der Waals surface area contributed by atoms with Crippen LogP contribution in [0.25, 0.3) is 0 Å². The van der Waals surface area contributed by atoms with Gasteiger partial charge < -0.3 is 15.2 Å². The highest BCUT2D eigenvalue weighted by molar-refractivity contribution is 5.77. The lowest BCUT2D eigenvalue weighted by molar-refractivity contribution is -0.124. The number of carbonyl (C=O) groups excluding carboxylic acids is 1. The molecule has 25 heavy (non-hydrogen) atoms. The molecule has 2 aliphatic heterocycles. The summed E-state index contributed by atoms with van der Waals surface area (Å²) in [6.45, 7) is 7.72. The molecule has 138 valence electrons. The smallest absolute Gasteiger partial charge is 0.223 e. The minimum absolute atomic E-state index is 0.0243. The average Bonchev–Trinajstić information content (AvgIpc) is 3.07. The van der Waals surface area contributed by atoms with E-state index in [2.05, 4.69) is 30.9 Å². The zero-order valence-electron chi connectivity index (χ0n) is 15.3. The zero-order chi connectivity index (χ0) is 17.8. The molecule has 0 radical (unpaired) electrons. The maximum Gasteiger partial charge on any atom is 0.223 e. The standard InChI is InChI=1S/C20H30N2O3/c1-14(2)25-18-6-4-3-5-16(18)13-22-10-7-15(8-11-22)19-17(20(21)23)9-12-24-19/h3-6,14-15,17,19H,7-13H2,1-2H3,(H2,21,23)/t17-,19+/m0/s1. The number of hydrogen-bond donors (Lipinski definition) is 1. The van der Waals surface area contributed by atoms with Gasteiger partial charge in [0, 0.05) is 18.7 Å². The van der Waals surface area contributed by atoms with Crippen LogP contribution in [0.2, 0.25) is 0 Å². The quantitative estimate of drug-likeness (QED) is 0.860. The molecule has 0 aliphatic carbocycles. The fraction of sp³-hybridized carbons (Fsp3) is 0.650. The summed E-state index contributed by atoms with van der Waals surface area (Å²) in [6, 6.07) is 8.28. The number of likely N-dealkylation sites (tertiary alicyclic amines) is 1. The number of nitrogens with zero attached hydrogens (tertiary/aromatic N) is 1. The number of amides is 1. The molecular formula is C20H30N2O3. The molecule has 5 heteroatoms. The molecule has 3 rings (SSSR count). The Labute approximate surface area is 150 Å². The van der Waals surface area contributed by atoms with E-state index in [1.165, 1.54) is 5.56 Å². The number of rotatable bonds is 6. The average molecular weight is 346 g/mol. The van der Waals surface area contributed by atoms with E-state index in [1.807, 2.05) is 12.1 Å². The zero-order valence-corrected chi connectivity index (χ0v) is 15.3. The molecule has 2 heterocycles. The van der Waals surface area contributed by atoms with Crippen molar-refractivity contribution in [1.82, 2.24) is 4.90 Å². The number of primary amides is 1. The largest absolute Gasteiger partial charge is 0.491 e. The van der Waals surface area contributed by atoms with E-state index in [0.717, 1.165) is 44.6 Å². The van der Waals surface area contributed by atoms with Crippen LogP contribution < -0.4 is 10.5 Å². The van der Waals surface area contributed by atoms with Crippen molar-refractivity contribution in [2.75, 3.05) is 19.7 Å². The van der Waals surface area contributed by atoms with Crippen molar-refractivity contribution in [2.45, 2.75) is 51.9 Å². The Bertz CT molecular complexity index is 582. The highest BCUT2D eigenvalue weighted by Gasteiger charge is 2.39. The first-order valence-corrected chi connectivity index (χ1v) is 9.42. The molecule has 1 amide bonds. The summed E-state index contributed by atoms with van der Waals surface area (Å²) in [6.07, 6.45) is 3.09. The van der Waals surface area contributed by atoms with Gasteiger partial charge >= 0.3 is 0 Å². The first kappa shape index (κ1) is 18.2. The van der Waals surface area contributed by atoms with Crippen molar-refractivity contribution in [3.8, 4) is 5.75 Å². The van der Waals surface area contributed by atoms with Crippen LogP contribution in [0, 0.1) is 11.8 Å². The molecule has 0 spiro atoms. The van der Waals surface area contributed by atoms with Crippen LogP contribution >= 0.6 is 0 Å². The van der Waals surface area contributed by atoms with Crippen LogP contribution in [-0.4, -0.2) is 42.7 Å². The minimum Gasteiger partial charge on any atom is -0.491 e. The van der Waals surface area contributed by atoms with Gasteiger partial charge in [-0.05, 0) is 58.2 Å². The molecule has 1 aromatic rings. The Balaban J connectivity index is 1.56. The van der Waals surface area contributed by atoms with Gasteiger partial charge in [0.15, 0.2) is 0 Å². The summed E-state index contributed by atoms with van der Waals surface area (Å²) in [4.78, 5) is 14.1. The van der Waals surface area contributed by atoms with Gasteiger partial charge in [0.1, 0.15) is 5.75 Å². The van der Waals surface area contributed by atoms with Crippen LogP contribution in [-0.2, 0) is 16.1 Å². The second-order valence-corrected chi connectivity index (χ2v) is 7.52. The van der Waals surface area contributed by atoms with E-state index >= 15 is 0 Å². The molecule has 2 N–H and O–H groups in total. The second kappa shape index (κ2) is 8.19. The van der Waals surface area contributed by atoms with E-state index in [4.69, 9.17) is 15.2 Å². The van der Waals surface area contributed by atoms with E-state index in [-0.39, 0.29) is 24.0 Å². The fourth-order valence-electron chi connectivity index (χ4n) is 4.06. The van der Waals surface area contributed by atoms with Gasteiger partial charge in [0.05, 0.1) is 18.1 Å². The lowest BCUT2D eigenvalue weighted by Gasteiger charge is -2.36. The normalized spacial score (nSPS) is 25.4. The lowest BCUT2D eigenvalue weighted by Crippen LogP contribution is -2.41. The molecule has 2 saturated heterocycles. The number of carbonyl (C=O) groups is 1. The Morgan fingerprint density at radius 2 is 2.00 bits per heavy atom. The lowest BCUT2D eigenvalue weighted by atomic mass is 9.84. The number of benzene rings is 1. The van der Waals surface area contributed by atoms with E-state index in [1.54, 1.807) is 0 Å². The Morgan fingerprint density at radius 1 is 1.28 bits per heavy atom. The third kappa shape index (κ3) is 4.53. The van der Waals surface area contributed by atoms with Crippen LogP contribution in [0.5, 0.6) is 5.75 Å². The Hall–Kier alpha value is -1.59. The third-order valence-corrected chi connectivity index (χ3v) is 5.33. The summed E-state index contributed by atoms with van der Waals surface area (Å²) in [5.41, 5.74) is 6.78. The summed E-state index contributed by atoms with van der Waals surface area (Å²) in [7, 11) is 0. The SMILES string of the molecule is CC(C)Oc1ccccc1CN1CCC([C@H]2OCC[C@@H]2C(N)=O)CC1. The predicted octanol–water partition coefficient (Wildman–Crippen LogP) is 2.58. The van der Waals surface area contributed by atoms with E-state index in [9.17, 15) is 4.79 Å². The summed E-state index contributed by atoms with van der Waals surface area (Å²) in [5.74, 6) is 1.12. The molecule has 0 unspecified atom stereocenters. The van der Waals surface area contributed by atoms with Crippen molar-refractivity contribution in [3.05, 3.63) is 29.8 Å². The highest BCUT2D eigenvalue weighted by Crippen LogP contribution is 2.33. The van der Waals surface area contributed by atoms with Gasteiger partial charge in [0.25, 0.3) is 0 Å². The van der Waals surface area contributed by atoms with Crippen molar-refractivity contribution < 1.29 is 14.3 Å². The van der Waals surface area contributed by atoms with Gasteiger partial charge in [-0.2, -0.15) is 0 Å². The van der Waals surface area contributed by atoms with Crippen LogP contribution in [0.1, 0.15) is 38.7 Å². The molecular weight excluding hydrogens is 316 g/mol. The molecule has 2 fully saturated rings. The molecule has 0 aromatic heterocycles. The molecule has 0 saturated carbocycles. The van der Waals surface area contributed by atoms with Crippen LogP contribution in [0.3, 0.4) is 0 Å². The number of para-hydroxylation sites is 1. The van der Waals surface area contributed by atoms with Gasteiger partial charge in [0.2, 0.25) is 5.91 Å². The first-order valence-electron chi connectivity index (χ1n) is 9.42. The monoisotopic (exact) mass is 346 g/mol. The summed E-state index contributed by atoms with van der Waals surface area (Å²) < 4.78 is 11.8. The van der Waals surface area contributed by atoms with E-state index in [0.29, 0.717) is 12.5 Å². The third-order valence-electron chi connectivity index (χ3n) is 5.33. The van der Waals surface area contributed by atoms with Crippen LogP contribution in [0.4, 0.5) is 0 Å². The van der Waals surface area contributed by atoms with Crippen molar-refractivity contribution >= 4 is 5.91 Å². The van der Waals surface area contributed by atoms with Gasteiger partial charge in [-0.1, -0.05) is 18.2 Å². The van der Waals surface area contributed by atoms with Crippen LogP contribution in [0.15, 0.2) is 24.3 Å². The van der Waals surface area contributed by atoms with Gasteiger partial charge in [-0.15, -0.1) is 0 Å². The van der Waals surface area contributed by atoms with Gasteiger partial charge in [-0.3, -0.25) is 9.69 Å². The van der Waals surface area contributed by atoms with Crippen molar-refractivity contribution in [3.63, 3.8) is 0 Å². The number of nitrogens with two attached hydrogens (primary N) is 1. The minimum atomic E-state index is -0.204. The first-order chi connectivity index (χ1) is 12.0. The van der Waals surface area contributed by atoms with Gasteiger partial charge in [-0.25, -0.2) is 0 Å². The molecule has 2 aliphatic rings. The maximum absolute atomic E-state index is 11.6. The van der Waals surface area contributed by atoms with Crippen molar-refractivity contribution in [1.29, 1.82) is 0 Å². The number of ether oxygens (including phenoxy) is 2. The highest BCUT2D eigenvalue weighted by atomic mass is 16.5. The summed E-state index contributed by atoms with van der Waals surface area (Å²) >= 11 is 0.